The lowest BCUT2D eigenvalue weighted by molar-refractivity contribution is -0.123. The minimum atomic E-state index is -0.623. The highest BCUT2D eigenvalue weighted by atomic mass is 16.5. The van der Waals surface area contributed by atoms with Gasteiger partial charge in [0.15, 0.2) is 11.5 Å². The molecule has 1 amide bonds. The van der Waals surface area contributed by atoms with Gasteiger partial charge in [0, 0.05) is 37.9 Å². The lowest BCUT2D eigenvalue weighted by Gasteiger charge is -2.21. The van der Waals surface area contributed by atoms with Crippen LogP contribution in [0.15, 0.2) is 61.2 Å². The zero-order valence-electron chi connectivity index (χ0n) is 18.5. The Morgan fingerprint density at radius 1 is 0.938 bits per heavy atom. The average Bonchev–Trinajstić information content (AvgIpc) is 2.85. The van der Waals surface area contributed by atoms with Gasteiger partial charge in [-0.1, -0.05) is 6.07 Å². The molecule has 2 N–H and O–H groups in total. The Morgan fingerprint density at radius 2 is 1.66 bits per heavy atom. The summed E-state index contributed by atoms with van der Waals surface area (Å²) >= 11 is 0. The Kier molecular flexibility index (Phi) is 8.39. The Morgan fingerprint density at radius 3 is 2.25 bits per heavy atom. The van der Waals surface area contributed by atoms with Gasteiger partial charge in [0.05, 0.1) is 21.3 Å². The number of carbonyl (C=O) groups excluding carboxylic acids is 1. The number of methoxy groups -OCH3 is 3. The molecule has 0 saturated heterocycles. The van der Waals surface area contributed by atoms with Crippen molar-refractivity contribution in [3.63, 3.8) is 0 Å². The van der Waals surface area contributed by atoms with Gasteiger partial charge in [0.25, 0.3) is 0 Å². The third-order valence-corrected chi connectivity index (χ3v) is 4.98. The normalized spacial score (nSPS) is 11.5. The molecule has 0 bridgehead atoms. The number of pyridine rings is 2. The number of hydrogen-bond donors (Lipinski definition) is 2. The van der Waals surface area contributed by atoms with Crippen LogP contribution in [0.25, 0.3) is 0 Å². The minimum Gasteiger partial charge on any atom is -0.493 e. The minimum absolute atomic E-state index is 0.165. The van der Waals surface area contributed by atoms with Crippen molar-refractivity contribution in [3.8, 4) is 17.2 Å². The first-order chi connectivity index (χ1) is 15.7. The summed E-state index contributed by atoms with van der Waals surface area (Å²) in [6.07, 6.45) is 7.68. The number of nitrogens with one attached hydrogen (secondary N) is 2. The van der Waals surface area contributed by atoms with Gasteiger partial charge in [-0.2, -0.15) is 0 Å². The Hall–Kier alpha value is -3.65. The van der Waals surface area contributed by atoms with Crippen molar-refractivity contribution in [2.24, 2.45) is 0 Å². The number of rotatable bonds is 11. The highest BCUT2D eigenvalue weighted by Crippen LogP contribution is 2.39. The third-order valence-electron chi connectivity index (χ3n) is 4.98. The second kappa shape index (κ2) is 11.7. The van der Waals surface area contributed by atoms with E-state index < -0.39 is 6.04 Å². The summed E-state index contributed by atoms with van der Waals surface area (Å²) in [7, 11) is 4.65. The molecule has 8 nitrogen and oxygen atoms in total. The quantitative estimate of drug-likeness (QED) is 0.477. The van der Waals surface area contributed by atoms with Gasteiger partial charge >= 0.3 is 0 Å². The van der Waals surface area contributed by atoms with Crippen LogP contribution in [0.5, 0.6) is 17.2 Å². The fourth-order valence-electron chi connectivity index (χ4n) is 3.33. The molecule has 8 heteroatoms. The van der Waals surface area contributed by atoms with Crippen LogP contribution in [0.1, 0.15) is 22.7 Å². The van der Waals surface area contributed by atoms with Crippen molar-refractivity contribution in [3.05, 3.63) is 77.9 Å². The van der Waals surface area contributed by atoms with E-state index in [1.165, 1.54) is 0 Å². The molecule has 0 aliphatic rings. The maximum Gasteiger partial charge on any atom is 0.242 e. The van der Waals surface area contributed by atoms with Crippen LogP contribution < -0.4 is 24.8 Å². The van der Waals surface area contributed by atoms with Crippen molar-refractivity contribution >= 4 is 5.91 Å². The fraction of sp³-hybridized carbons (Fsp3) is 0.292. The molecule has 0 fully saturated rings. The number of benzene rings is 1. The van der Waals surface area contributed by atoms with Crippen LogP contribution in [0.2, 0.25) is 0 Å². The van der Waals surface area contributed by atoms with E-state index in [0.29, 0.717) is 35.9 Å². The first-order valence-electron chi connectivity index (χ1n) is 10.2. The summed E-state index contributed by atoms with van der Waals surface area (Å²) in [5.74, 6) is 1.29. The highest BCUT2D eigenvalue weighted by molar-refractivity contribution is 5.83. The molecular weight excluding hydrogens is 408 g/mol. The first kappa shape index (κ1) is 23.0. The highest BCUT2D eigenvalue weighted by Gasteiger charge is 2.24. The van der Waals surface area contributed by atoms with Crippen LogP contribution in [-0.4, -0.2) is 43.7 Å². The molecule has 1 unspecified atom stereocenters. The number of aromatic nitrogens is 2. The molecule has 3 rings (SSSR count). The molecule has 0 saturated carbocycles. The molecule has 0 spiro atoms. The molecule has 0 aliphatic carbocycles. The Bertz CT molecular complexity index is 974. The number of carbonyl (C=O) groups is 1. The number of hydrogen-bond acceptors (Lipinski definition) is 7. The predicted molar refractivity (Wildman–Crippen MR) is 121 cm³/mol. The van der Waals surface area contributed by atoms with E-state index in [4.69, 9.17) is 14.2 Å². The van der Waals surface area contributed by atoms with Gasteiger partial charge in [-0.05, 0) is 53.4 Å². The molecule has 32 heavy (non-hydrogen) atoms. The van der Waals surface area contributed by atoms with Gasteiger partial charge in [-0.15, -0.1) is 0 Å². The van der Waals surface area contributed by atoms with E-state index >= 15 is 0 Å². The Balaban J connectivity index is 1.82. The van der Waals surface area contributed by atoms with E-state index in [9.17, 15) is 4.79 Å². The SMILES string of the molecule is COc1cc(C(NCCc2cccnc2)C(=O)NCc2ccncc2)cc(OC)c1OC. The molecule has 0 radical (unpaired) electrons. The summed E-state index contributed by atoms with van der Waals surface area (Å²) in [6, 6.07) is 10.6. The second-order valence-corrected chi connectivity index (χ2v) is 7.03. The van der Waals surface area contributed by atoms with E-state index in [1.54, 1.807) is 52.1 Å². The van der Waals surface area contributed by atoms with Gasteiger partial charge in [0.2, 0.25) is 11.7 Å². The maximum absolute atomic E-state index is 13.2. The maximum atomic E-state index is 13.2. The zero-order chi connectivity index (χ0) is 22.8. The van der Waals surface area contributed by atoms with Gasteiger partial charge in [-0.3, -0.25) is 14.8 Å². The van der Waals surface area contributed by atoms with Crippen LogP contribution in [-0.2, 0) is 17.8 Å². The smallest absolute Gasteiger partial charge is 0.242 e. The molecule has 2 aromatic heterocycles. The molecular formula is C24H28N4O4. The van der Waals surface area contributed by atoms with Crippen molar-refractivity contribution in [1.29, 1.82) is 0 Å². The topological polar surface area (TPSA) is 94.6 Å². The van der Waals surface area contributed by atoms with E-state index in [2.05, 4.69) is 20.6 Å². The van der Waals surface area contributed by atoms with Crippen molar-refractivity contribution in [2.75, 3.05) is 27.9 Å². The number of nitrogens with zero attached hydrogens (tertiary/aromatic N) is 2. The summed E-state index contributed by atoms with van der Waals surface area (Å²) < 4.78 is 16.4. The monoisotopic (exact) mass is 436 g/mol. The van der Waals surface area contributed by atoms with Crippen molar-refractivity contribution in [2.45, 2.75) is 19.0 Å². The predicted octanol–water partition coefficient (Wildman–Crippen LogP) is 2.69. The van der Waals surface area contributed by atoms with E-state index in [0.717, 1.165) is 17.5 Å². The summed E-state index contributed by atoms with van der Waals surface area (Å²) in [5.41, 5.74) is 2.76. The van der Waals surface area contributed by atoms with Crippen LogP contribution in [0.3, 0.4) is 0 Å². The van der Waals surface area contributed by atoms with Gasteiger partial charge in [0.1, 0.15) is 6.04 Å². The van der Waals surface area contributed by atoms with E-state index in [-0.39, 0.29) is 5.91 Å². The molecule has 3 aromatic rings. The average molecular weight is 437 g/mol. The molecule has 2 heterocycles. The Labute approximate surface area is 188 Å². The summed E-state index contributed by atoms with van der Waals surface area (Å²) in [6.45, 7) is 0.974. The standard InChI is InChI=1S/C24H28N4O4/c1-30-20-13-19(14-21(31-2)23(20)32-3)22(27-12-8-17-5-4-9-26-15-17)24(29)28-16-18-6-10-25-11-7-18/h4-7,9-11,13-15,22,27H,8,12,16H2,1-3H3,(H,28,29). The molecule has 1 atom stereocenters. The van der Waals surface area contributed by atoms with Gasteiger partial charge < -0.3 is 24.8 Å². The van der Waals surface area contributed by atoms with Gasteiger partial charge in [-0.25, -0.2) is 0 Å². The number of amides is 1. The number of ether oxygens (including phenoxy) is 3. The lowest BCUT2D eigenvalue weighted by atomic mass is 10.0. The van der Waals surface area contributed by atoms with Crippen molar-refractivity contribution < 1.29 is 19.0 Å². The zero-order valence-corrected chi connectivity index (χ0v) is 18.5. The largest absolute Gasteiger partial charge is 0.493 e. The molecule has 0 aliphatic heterocycles. The van der Waals surface area contributed by atoms with Crippen LogP contribution in [0, 0.1) is 0 Å². The van der Waals surface area contributed by atoms with Crippen LogP contribution >= 0.6 is 0 Å². The third kappa shape index (κ3) is 5.95. The molecule has 1 aromatic carbocycles. The van der Waals surface area contributed by atoms with Crippen molar-refractivity contribution in [1.82, 2.24) is 20.6 Å². The molecule has 168 valence electrons. The summed E-state index contributed by atoms with van der Waals surface area (Å²) in [4.78, 5) is 21.4. The van der Waals surface area contributed by atoms with E-state index in [1.807, 2.05) is 30.5 Å². The lowest BCUT2D eigenvalue weighted by Crippen LogP contribution is -2.38. The second-order valence-electron chi connectivity index (χ2n) is 7.03. The fourth-order valence-corrected chi connectivity index (χ4v) is 3.33. The summed E-state index contributed by atoms with van der Waals surface area (Å²) in [5, 5.41) is 6.35. The van der Waals surface area contributed by atoms with Crippen LogP contribution in [0.4, 0.5) is 0 Å². The first-order valence-corrected chi connectivity index (χ1v) is 10.2.